The summed E-state index contributed by atoms with van der Waals surface area (Å²) in [6.45, 7) is 4.13. The summed E-state index contributed by atoms with van der Waals surface area (Å²) < 4.78 is 10.6. The highest BCUT2D eigenvalue weighted by Gasteiger charge is 2.16. The summed E-state index contributed by atoms with van der Waals surface area (Å²) in [5.74, 6) is -0.582. The van der Waals surface area contributed by atoms with E-state index >= 15 is 0 Å². The fraction of sp³-hybridized carbons (Fsp3) is 0.950. The van der Waals surface area contributed by atoms with E-state index < -0.39 is 6.10 Å². The van der Waals surface area contributed by atoms with Gasteiger partial charge in [-0.05, 0) is 12.8 Å². The molecule has 268 valence electrons. The van der Waals surface area contributed by atoms with E-state index in [1.165, 1.54) is 161 Å². The molecule has 1 N–H and O–H groups in total. The monoisotopic (exact) mass is 639 g/mol. The molecule has 5 heteroatoms. The van der Waals surface area contributed by atoms with Crippen LogP contribution in [0, 0.1) is 0 Å². The second kappa shape index (κ2) is 37.4. The maximum Gasteiger partial charge on any atom is 0.306 e. The lowest BCUT2D eigenvalue weighted by Gasteiger charge is -2.15. The summed E-state index contributed by atoms with van der Waals surface area (Å²) in [6.07, 6.45) is 40.4. The van der Waals surface area contributed by atoms with Crippen molar-refractivity contribution in [1.29, 1.82) is 0 Å². The van der Waals surface area contributed by atoms with E-state index in [9.17, 15) is 14.7 Å². The fourth-order valence-corrected chi connectivity index (χ4v) is 6.08. The van der Waals surface area contributed by atoms with Crippen molar-refractivity contribution in [2.45, 2.75) is 232 Å². The Kier molecular flexibility index (Phi) is 36.4. The molecule has 0 aliphatic heterocycles. The zero-order valence-corrected chi connectivity index (χ0v) is 30.4. The zero-order chi connectivity index (χ0) is 32.9. The molecule has 0 saturated heterocycles. The average Bonchev–Trinajstić information content (AvgIpc) is 3.04. The number of aliphatic hydroxyl groups excluding tert-OH is 1. The number of aliphatic hydroxyl groups is 1. The van der Waals surface area contributed by atoms with Crippen LogP contribution in [0.2, 0.25) is 0 Å². The van der Waals surface area contributed by atoms with Gasteiger partial charge in [-0.1, -0.05) is 200 Å². The molecule has 45 heavy (non-hydrogen) atoms. The normalized spacial score (nSPS) is 12.0. The van der Waals surface area contributed by atoms with Crippen LogP contribution in [0.15, 0.2) is 0 Å². The van der Waals surface area contributed by atoms with Gasteiger partial charge in [-0.2, -0.15) is 0 Å². The van der Waals surface area contributed by atoms with E-state index in [0.29, 0.717) is 12.8 Å². The van der Waals surface area contributed by atoms with E-state index in [2.05, 4.69) is 13.8 Å². The molecule has 0 aliphatic carbocycles. The van der Waals surface area contributed by atoms with Crippen LogP contribution in [0.4, 0.5) is 0 Å². The first kappa shape index (κ1) is 43.9. The third kappa shape index (κ3) is 35.6. The van der Waals surface area contributed by atoms with E-state index in [1.807, 2.05) is 0 Å². The highest BCUT2D eigenvalue weighted by Crippen LogP contribution is 2.16. The fourth-order valence-electron chi connectivity index (χ4n) is 6.08. The van der Waals surface area contributed by atoms with Crippen LogP contribution in [0.25, 0.3) is 0 Å². The summed E-state index contributed by atoms with van der Waals surface area (Å²) in [6, 6.07) is 0. The van der Waals surface area contributed by atoms with Gasteiger partial charge in [0.2, 0.25) is 0 Å². The first-order valence-corrected chi connectivity index (χ1v) is 20.1. The minimum atomic E-state index is -0.760. The number of carbonyl (C=O) groups is 2. The zero-order valence-electron chi connectivity index (χ0n) is 30.4. The van der Waals surface area contributed by atoms with Crippen LogP contribution >= 0.6 is 0 Å². The lowest BCUT2D eigenvalue weighted by Crippen LogP contribution is -2.28. The van der Waals surface area contributed by atoms with E-state index in [0.717, 1.165) is 38.5 Å². The molecule has 0 aromatic rings. The number of esters is 2. The smallest absolute Gasteiger partial charge is 0.306 e. The number of ether oxygens (including phenoxy) is 2. The first-order valence-electron chi connectivity index (χ1n) is 20.1. The molecule has 0 spiro atoms. The van der Waals surface area contributed by atoms with Crippen LogP contribution < -0.4 is 0 Å². The third-order valence-corrected chi connectivity index (χ3v) is 9.15. The number of unbranched alkanes of at least 4 members (excludes halogenated alkanes) is 29. The predicted molar refractivity (Wildman–Crippen MR) is 192 cm³/mol. The Bertz CT molecular complexity index is 607. The SMILES string of the molecule is CCCCCCCCCCCCCCCCCCCCCCCCCC(=O)OC(CO)COC(=O)CCCCCCCCCC. The van der Waals surface area contributed by atoms with Crippen molar-refractivity contribution in [2.24, 2.45) is 0 Å². The van der Waals surface area contributed by atoms with Crippen molar-refractivity contribution in [3.05, 3.63) is 0 Å². The summed E-state index contributed by atoms with van der Waals surface area (Å²) in [5, 5.41) is 9.51. The molecule has 0 heterocycles. The number of rotatable bonds is 37. The average molecular weight is 639 g/mol. The molecule has 1 atom stereocenters. The molecule has 0 amide bonds. The van der Waals surface area contributed by atoms with Gasteiger partial charge in [0, 0.05) is 12.8 Å². The van der Waals surface area contributed by atoms with Crippen LogP contribution in [-0.2, 0) is 19.1 Å². The lowest BCUT2D eigenvalue weighted by atomic mass is 10.0. The standard InChI is InChI=1S/C40H78O5/c1-3-5-7-9-11-13-14-15-16-17-18-19-20-21-22-23-24-25-26-27-29-31-33-35-40(43)45-38(36-41)37-44-39(42)34-32-30-28-12-10-8-6-4-2/h38,41H,3-37H2,1-2H3. The van der Waals surface area contributed by atoms with Gasteiger partial charge in [-0.15, -0.1) is 0 Å². The Balaban J connectivity index is 3.41. The molecule has 5 nitrogen and oxygen atoms in total. The largest absolute Gasteiger partial charge is 0.462 e. The topological polar surface area (TPSA) is 72.8 Å². The molecule has 0 bridgehead atoms. The molecule has 0 saturated carbocycles. The van der Waals surface area contributed by atoms with Crippen LogP contribution in [-0.4, -0.2) is 36.4 Å². The maximum absolute atomic E-state index is 12.1. The summed E-state index contributed by atoms with van der Waals surface area (Å²) in [5.41, 5.74) is 0. The van der Waals surface area contributed by atoms with Crippen LogP contribution in [0.5, 0.6) is 0 Å². The first-order chi connectivity index (χ1) is 22.1. The molecule has 0 fully saturated rings. The molecule has 0 aromatic heterocycles. The Labute approximate surface area is 280 Å². The Hall–Kier alpha value is -1.10. The van der Waals surface area contributed by atoms with Crippen molar-refractivity contribution in [3.63, 3.8) is 0 Å². The minimum absolute atomic E-state index is 0.0580. The molecular weight excluding hydrogens is 560 g/mol. The van der Waals surface area contributed by atoms with Crippen molar-refractivity contribution < 1.29 is 24.2 Å². The Morgan fingerprint density at radius 1 is 0.422 bits per heavy atom. The summed E-state index contributed by atoms with van der Waals surface area (Å²) >= 11 is 0. The van der Waals surface area contributed by atoms with Crippen molar-refractivity contribution >= 4 is 11.9 Å². The molecule has 0 rings (SSSR count). The predicted octanol–water partition coefficient (Wildman–Crippen LogP) is 12.3. The molecular formula is C40H78O5. The van der Waals surface area contributed by atoms with Gasteiger partial charge in [-0.25, -0.2) is 0 Å². The van der Waals surface area contributed by atoms with E-state index in [-0.39, 0.29) is 25.2 Å². The van der Waals surface area contributed by atoms with Crippen molar-refractivity contribution in [1.82, 2.24) is 0 Å². The highest BCUT2D eigenvalue weighted by molar-refractivity contribution is 5.70. The second-order valence-electron chi connectivity index (χ2n) is 13.7. The number of hydrogen-bond acceptors (Lipinski definition) is 5. The highest BCUT2D eigenvalue weighted by atomic mass is 16.6. The van der Waals surface area contributed by atoms with Crippen LogP contribution in [0.1, 0.15) is 226 Å². The summed E-state index contributed by atoms with van der Waals surface area (Å²) in [7, 11) is 0. The molecule has 0 radical (unpaired) electrons. The Morgan fingerprint density at radius 2 is 0.689 bits per heavy atom. The van der Waals surface area contributed by atoms with Crippen molar-refractivity contribution in [2.75, 3.05) is 13.2 Å². The maximum atomic E-state index is 12.1. The lowest BCUT2D eigenvalue weighted by molar-refractivity contribution is -0.161. The van der Waals surface area contributed by atoms with Crippen LogP contribution in [0.3, 0.4) is 0 Å². The van der Waals surface area contributed by atoms with Gasteiger partial charge in [0.1, 0.15) is 6.61 Å². The van der Waals surface area contributed by atoms with E-state index in [4.69, 9.17) is 9.47 Å². The molecule has 0 aromatic carbocycles. The van der Waals surface area contributed by atoms with E-state index in [1.54, 1.807) is 0 Å². The number of hydrogen-bond donors (Lipinski definition) is 1. The van der Waals surface area contributed by atoms with Gasteiger partial charge in [-0.3, -0.25) is 9.59 Å². The third-order valence-electron chi connectivity index (χ3n) is 9.15. The van der Waals surface area contributed by atoms with Gasteiger partial charge >= 0.3 is 11.9 Å². The summed E-state index contributed by atoms with van der Waals surface area (Å²) in [4.78, 5) is 24.1. The van der Waals surface area contributed by atoms with Gasteiger partial charge in [0.15, 0.2) is 6.10 Å². The molecule has 1 unspecified atom stereocenters. The Morgan fingerprint density at radius 3 is 0.978 bits per heavy atom. The molecule has 0 aliphatic rings. The minimum Gasteiger partial charge on any atom is -0.462 e. The van der Waals surface area contributed by atoms with Gasteiger partial charge in [0.25, 0.3) is 0 Å². The van der Waals surface area contributed by atoms with Gasteiger partial charge < -0.3 is 14.6 Å². The van der Waals surface area contributed by atoms with Gasteiger partial charge in [0.05, 0.1) is 6.61 Å². The second-order valence-corrected chi connectivity index (χ2v) is 13.7. The van der Waals surface area contributed by atoms with Crippen molar-refractivity contribution in [3.8, 4) is 0 Å². The number of carbonyl (C=O) groups excluding carboxylic acids is 2. The quantitative estimate of drug-likeness (QED) is 0.0541.